The summed E-state index contributed by atoms with van der Waals surface area (Å²) in [6, 6.07) is 0. The molecule has 0 aromatic heterocycles. The summed E-state index contributed by atoms with van der Waals surface area (Å²) < 4.78 is 10.3. The predicted octanol–water partition coefficient (Wildman–Crippen LogP) is 3.63. The molecule has 102 valence electrons. The zero-order chi connectivity index (χ0) is 13.6. The van der Waals surface area contributed by atoms with Crippen LogP contribution in [-0.2, 0) is 4.57 Å². The first-order valence-electron chi connectivity index (χ1n) is 6.57. The standard InChI is InChI=1S/C8H18.C5H11NO2P/c1-3-5-7-8-6-4-2;1-6(2,3-4-7)5-9-8/h3-8H2,1-2H3;7H,3-4H2,1-2H3/q;+1. The molecule has 0 aromatic carbocycles. The summed E-state index contributed by atoms with van der Waals surface area (Å²) in [4.78, 5) is 0. The molecule has 0 aliphatic heterocycles. The minimum absolute atomic E-state index is 0.0928. The van der Waals surface area contributed by atoms with E-state index in [1.54, 1.807) is 0 Å². The number of hydrogen-bond acceptors (Lipinski definition) is 2. The first-order valence-corrected chi connectivity index (χ1v) is 7.38. The Bertz CT molecular complexity index is 241. The van der Waals surface area contributed by atoms with Crippen LogP contribution in [0.1, 0.15) is 52.4 Å². The van der Waals surface area contributed by atoms with Crippen LogP contribution < -0.4 is 0 Å². The zero-order valence-corrected chi connectivity index (χ0v) is 12.8. The molecule has 4 heteroatoms. The molecule has 0 spiro atoms. The van der Waals surface area contributed by atoms with Crippen LogP contribution in [0.3, 0.4) is 0 Å². The Hall–Kier alpha value is -0.0700. The van der Waals surface area contributed by atoms with E-state index < -0.39 is 0 Å². The third-order valence-corrected chi connectivity index (χ3v) is 3.05. The van der Waals surface area contributed by atoms with Gasteiger partial charge in [-0.25, -0.2) is 0 Å². The van der Waals surface area contributed by atoms with Gasteiger partial charge in [0.2, 0.25) is 0 Å². The van der Waals surface area contributed by atoms with Crippen LogP contribution in [0, 0.1) is 5.75 Å². The molecule has 0 aliphatic carbocycles. The Kier molecular flexibility index (Phi) is 15.9. The summed E-state index contributed by atoms with van der Waals surface area (Å²) in [5.74, 6) is 2.62. The van der Waals surface area contributed by atoms with E-state index in [4.69, 9.17) is 5.11 Å². The molecule has 0 heterocycles. The third kappa shape index (κ3) is 18.5. The van der Waals surface area contributed by atoms with E-state index in [1.165, 1.54) is 38.5 Å². The Labute approximate surface area is 108 Å². The quantitative estimate of drug-likeness (QED) is 0.432. The van der Waals surface area contributed by atoms with E-state index in [2.05, 4.69) is 19.6 Å². The van der Waals surface area contributed by atoms with Gasteiger partial charge in [-0.2, -0.15) is 0 Å². The second-order valence-electron chi connectivity index (χ2n) is 4.74. The fourth-order valence-electron chi connectivity index (χ4n) is 1.26. The number of quaternary nitrogens is 1. The van der Waals surface area contributed by atoms with Crippen molar-refractivity contribution in [2.24, 2.45) is 0 Å². The summed E-state index contributed by atoms with van der Waals surface area (Å²) in [6.07, 6.45) is 8.49. The molecule has 0 rings (SSSR count). The van der Waals surface area contributed by atoms with Crippen LogP contribution in [0.5, 0.6) is 0 Å². The minimum atomic E-state index is -0.105. The molecule has 0 amide bonds. The van der Waals surface area contributed by atoms with Gasteiger partial charge in [-0.05, 0) is 0 Å². The SMILES string of the molecule is CCCCCCCC.C[N+](C)(C#P=O)CCO. The van der Waals surface area contributed by atoms with Gasteiger partial charge in [0.15, 0.2) is 0 Å². The summed E-state index contributed by atoms with van der Waals surface area (Å²) >= 11 is 0. The van der Waals surface area contributed by atoms with Gasteiger partial charge in [-0.1, -0.05) is 52.4 Å². The summed E-state index contributed by atoms with van der Waals surface area (Å²) in [5.41, 5.74) is 0. The Morgan fingerprint density at radius 3 is 1.82 bits per heavy atom. The second kappa shape index (κ2) is 14.0. The molecular weight excluding hydrogens is 233 g/mol. The average Bonchev–Trinajstić information content (AvgIpc) is 2.25. The van der Waals surface area contributed by atoms with E-state index in [0.29, 0.717) is 11.0 Å². The molecule has 0 bridgehead atoms. The first-order chi connectivity index (χ1) is 8.04. The Balaban J connectivity index is 0. The fraction of sp³-hybridized carbons (Fsp3) is 0.923. The monoisotopic (exact) mass is 262 g/mol. The number of nitrogens with zero attached hydrogens (tertiary/aromatic N) is 1. The van der Waals surface area contributed by atoms with Crippen molar-refractivity contribution in [2.75, 3.05) is 27.2 Å². The number of rotatable bonds is 7. The van der Waals surface area contributed by atoms with Crippen LogP contribution in [0.15, 0.2) is 0 Å². The summed E-state index contributed by atoms with van der Waals surface area (Å²) in [6.45, 7) is 5.16. The van der Waals surface area contributed by atoms with Gasteiger partial charge >= 0.3 is 55.1 Å². The van der Waals surface area contributed by atoms with Crippen LogP contribution in [-0.4, -0.2) is 36.8 Å². The van der Waals surface area contributed by atoms with Gasteiger partial charge in [0.25, 0.3) is 0 Å². The second-order valence-corrected chi connectivity index (χ2v) is 5.12. The van der Waals surface area contributed by atoms with Crippen molar-refractivity contribution in [3.8, 4) is 5.75 Å². The number of aliphatic hydroxyl groups excluding tert-OH is 1. The van der Waals surface area contributed by atoms with Crippen molar-refractivity contribution in [3.05, 3.63) is 0 Å². The molecule has 0 saturated heterocycles. The van der Waals surface area contributed by atoms with E-state index in [0.717, 1.165) is 0 Å². The van der Waals surface area contributed by atoms with Crippen molar-refractivity contribution in [2.45, 2.75) is 52.4 Å². The number of likely N-dealkylation sites (N-methyl/N-ethyl adjacent to an activating group) is 1. The molecule has 1 N–H and O–H groups in total. The molecule has 0 unspecified atom stereocenters. The van der Waals surface area contributed by atoms with Gasteiger partial charge in [0.05, 0.1) is 0 Å². The fourth-order valence-corrected chi connectivity index (χ4v) is 1.59. The molecule has 0 atom stereocenters. The molecule has 0 radical (unpaired) electrons. The number of aliphatic hydroxyl groups is 1. The van der Waals surface area contributed by atoms with Crippen LogP contribution >= 0.6 is 7.92 Å². The van der Waals surface area contributed by atoms with Crippen LogP contribution in [0.4, 0.5) is 0 Å². The Morgan fingerprint density at radius 2 is 1.53 bits per heavy atom. The molecule has 17 heavy (non-hydrogen) atoms. The predicted molar refractivity (Wildman–Crippen MR) is 74.6 cm³/mol. The average molecular weight is 262 g/mol. The van der Waals surface area contributed by atoms with E-state index in [1.807, 2.05) is 14.1 Å². The third-order valence-electron chi connectivity index (χ3n) is 2.43. The van der Waals surface area contributed by atoms with Gasteiger partial charge in [-0.3, -0.25) is 0 Å². The van der Waals surface area contributed by atoms with Gasteiger partial charge in [0, 0.05) is 0 Å². The van der Waals surface area contributed by atoms with Crippen molar-refractivity contribution in [3.63, 3.8) is 0 Å². The van der Waals surface area contributed by atoms with Crippen molar-refractivity contribution in [1.29, 1.82) is 0 Å². The molecule has 0 fully saturated rings. The topological polar surface area (TPSA) is 37.3 Å². The normalized spacial score (nSPS) is 10.2. The number of hydrogen-bond donors (Lipinski definition) is 1. The number of unbranched alkanes of at least 4 members (excludes halogenated alkanes) is 5. The van der Waals surface area contributed by atoms with E-state index in [-0.39, 0.29) is 14.5 Å². The summed E-state index contributed by atoms with van der Waals surface area (Å²) in [7, 11) is 3.54. The maximum absolute atomic E-state index is 9.98. The van der Waals surface area contributed by atoms with Gasteiger partial charge in [0.1, 0.15) is 0 Å². The Morgan fingerprint density at radius 1 is 1.06 bits per heavy atom. The van der Waals surface area contributed by atoms with Gasteiger partial charge < -0.3 is 0 Å². The zero-order valence-electron chi connectivity index (χ0n) is 11.9. The first kappa shape index (κ1) is 19.3. The molecule has 0 aliphatic rings. The molecule has 0 aromatic rings. The molecular formula is C13H29NO2P+. The van der Waals surface area contributed by atoms with E-state index >= 15 is 0 Å². The van der Waals surface area contributed by atoms with E-state index in [9.17, 15) is 4.57 Å². The van der Waals surface area contributed by atoms with Crippen molar-refractivity contribution >= 4 is 7.92 Å². The van der Waals surface area contributed by atoms with Crippen LogP contribution in [0.25, 0.3) is 0 Å². The van der Waals surface area contributed by atoms with Crippen molar-refractivity contribution < 1.29 is 14.2 Å². The maximum atomic E-state index is 9.98. The molecule has 3 nitrogen and oxygen atoms in total. The van der Waals surface area contributed by atoms with Crippen LogP contribution in [0.2, 0.25) is 0 Å². The van der Waals surface area contributed by atoms with Gasteiger partial charge in [-0.15, -0.1) is 0 Å². The molecule has 0 saturated carbocycles. The van der Waals surface area contributed by atoms with Crippen molar-refractivity contribution in [1.82, 2.24) is 0 Å². The summed E-state index contributed by atoms with van der Waals surface area (Å²) in [5, 5.41) is 8.47.